The molecule has 0 aliphatic heterocycles. The SMILES string of the molecule is COCCn1c(=NC(=O)c2ccc(Oc3ccccc3)cc2)sc2c(C)cc(C)cc21. The van der Waals surface area contributed by atoms with Crippen LogP contribution >= 0.6 is 11.3 Å². The summed E-state index contributed by atoms with van der Waals surface area (Å²) < 4.78 is 14.3. The second-order valence-electron chi connectivity index (χ2n) is 7.32. The number of aromatic nitrogens is 1. The van der Waals surface area contributed by atoms with Gasteiger partial charge >= 0.3 is 0 Å². The van der Waals surface area contributed by atoms with Gasteiger partial charge in [0.2, 0.25) is 0 Å². The number of ether oxygens (including phenoxy) is 2. The maximum absolute atomic E-state index is 12.9. The fraction of sp³-hybridized carbons (Fsp3) is 0.200. The summed E-state index contributed by atoms with van der Waals surface area (Å²) in [5, 5.41) is 0. The summed E-state index contributed by atoms with van der Waals surface area (Å²) in [6, 6.07) is 20.9. The van der Waals surface area contributed by atoms with Crippen LogP contribution in [0.5, 0.6) is 11.5 Å². The topological polar surface area (TPSA) is 52.8 Å². The minimum atomic E-state index is -0.279. The van der Waals surface area contributed by atoms with Crippen LogP contribution in [0.15, 0.2) is 71.7 Å². The van der Waals surface area contributed by atoms with Crippen LogP contribution in [-0.2, 0) is 11.3 Å². The van der Waals surface area contributed by atoms with Crippen molar-refractivity contribution in [3.63, 3.8) is 0 Å². The first kappa shape index (κ1) is 21.0. The smallest absolute Gasteiger partial charge is 0.279 e. The Morgan fingerprint density at radius 3 is 2.42 bits per heavy atom. The van der Waals surface area contributed by atoms with Crippen LogP contribution in [0.4, 0.5) is 0 Å². The van der Waals surface area contributed by atoms with Gasteiger partial charge in [-0.3, -0.25) is 4.79 Å². The number of carbonyl (C=O) groups is 1. The van der Waals surface area contributed by atoms with E-state index in [0.29, 0.717) is 29.3 Å². The number of hydrogen-bond donors (Lipinski definition) is 0. The second-order valence-corrected chi connectivity index (χ2v) is 8.29. The molecule has 4 rings (SSSR count). The number of fused-ring (bicyclic) bond motifs is 1. The Hall–Kier alpha value is -3.22. The van der Waals surface area contributed by atoms with Crippen LogP contribution in [0.1, 0.15) is 21.5 Å². The number of aryl methyl sites for hydroxylation is 2. The highest BCUT2D eigenvalue weighted by atomic mass is 32.1. The first-order valence-electron chi connectivity index (χ1n) is 10.1. The quantitative estimate of drug-likeness (QED) is 0.404. The van der Waals surface area contributed by atoms with E-state index in [1.807, 2.05) is 30.3 Å². The van der Waals surface area contributed by atoms with Gasteiger partial charge in [0.1, 0.15) is 11.5 Å². The number of thiazole rings is 1. The number of benzene rings is 3. The Kier molecular flexibility index (Phi) is 6.30. The summed E-state index contributed by atoms with van der Waals surface area (Å²) in [5.41, 5.74) is 3.96. The molecule has 0 saturated carbocycles. The molecule has 4 aromatic rings. The van der Waals surface area contributed by atoms with Crippen molar-refractivity contribution in [2.75, 3.05) is 13.7 Å². The first-order chi connectivity index (χ1) is 15.0. The van der Waals surface area contributed by atoms with E-state index in [-0.39, 0.29) is 5.91 Å². The van der Waals surface area contributed by atoms with Gasteiger partial charge in [-0.05, 0) is 67.4 Å². The zero-order chi connectivity index (χ0) is 21.8. The molecule has 5 nitrogen and oxygen atoms in total. The molecule has 1 amide bonds. The van der Waals surface area contributed by atoms with Crippen LogP contribution in [0.3, 0.4) is 0 Å². The summed E-state index contributed by atoms with van der Waals surface area (Å²) in [6.45, 7) is 5.34. The fourth-order valence-corrected chi connectivity index (χ4v) is 4.54. The Labute approximate surface area is 185 Å². The van der Waals surface area contributed by atoms with Crippen LogP contribution < -0.4 is 9.54 Å². The molecule has 0 spiro atoms. The summed E-state index contributed by atoms with van der Waals surface area (Å²) in [5.74, 6) is 1.14. The first-order valence-corrected chi connectivity index (χ1v) is 10.9. The minimum absolute atomic E-state index is 0.279. The summed E-state index contributed by atoms with van der Waals surface area (Å²) in [6.07, 6.45) is 0. The summed E-state index contributed by atoms with van der Waals surface area (Å²) in [7, 11) is 1.67. The Morgan fingerprint density at radius 2 is 1.71 bits per heavy atom. The van der Waals surface area contributed by atoms with Crippen molar-refractivity contribution in [2.24, 2.45) is 4.99 Å². The number of para-hydroxylation sites is 1. The lowest BCUT2D eigenvalue weighted by atomic mass is 10.1. The van der Waals surface area contributed by atoms with Gasteiger partial charge in [-0.2, -0.15) is 4.99 Å². The number of nitrogens with zero attached hydrogens (tertiary/aromatic N) is 2. The number of hydrogen-bond acceptors (Lipinski definition) is 4. The van der Waals surface area contributed by atoms with Crippen LogP contribution in [0.2, 0.25) is 0 Å². The van der Waals surface area contributed by atoms with E-state index >= 15 is 0 Å². The van der Waals surface area contributed by atoms with Gasteiger partial charge in [-0.1, -0.05) is 35.6 Å². The number of amides is 1. The molecule has 1 aromatic heterocycles. The average Bonchev–Trinajstić information content (AvgIpc) is 3.10. The highest BCUT2D eigenvalue weighted by Crippen LogP contribution is 2.24. The summed E-state index contributed by atoms with van der Waals surface area (Å²) >= 11 is 1.53. The molecule has 0 bridgehead atoms. The van der Waals surface area contributed by atoms with Crippen molar-refractivity contribution in [2.45, 2.75) is 20.4 Å². The van der Waals surface area contributed by atoms with Crippen LogP contribution in [0, 0.1) is 13.8 Å². The minimum Gasteiger partial charge on any atom is -0.457 e. The molecule has 1 heterocycles. The Morgan fingerprint density at radius 1 is 1.00 bits per heavy atom. The third-order valence-corrected chi connectivity index (χ3v) is 6.14. The molecule has 6 heteroatoms. The molecule has 0 saturated heterocycles. The monoisotopic (exact) mass is 432 g/mol. The van der Waals surface area contributed by atoms with Crippen molar-refractivity contribution >= 4 is 27.5 Å². The molecule has 3 aromatic carbocycles. The zero-order valence-corrected chi connectivity index (χ0v) is 18.6. The number of rotatable bonds is 6. The van der Waals surface area contributed by atoms with Gasteiger partial charge < -0.3 is 14.0 Å². The third kappa shape index (κ3) is 4.76. The highest BCUT2D eigenvalue weighted by Gasteiger charge is 2.12. The molecule has 31 heavy (non-hydrogen) atoms. The van der Waals surface area contributed by atoms with Gasteiger partial charge in [0.15, 0.2) is 4.80 Å². The van der Waals surface area contributed by atoms with E-state index in [0.717, 1.165) is 16.0 Å². The van der Waals surface area contributed by atoms with E-state index in [4.69, 9.17) is 9.47 Å². The van der Waals surface area contributed by atoms with E-state index in [2.05, 4.69) is 35.5 Å². The van der Waals surface area contributed by atoms with Crippen molar-refractivity contribution in [1.82, 2.24) is 4.57 Å². The lowest BCUT2D eigenvalue weighted by molar-refractivity contribution is 0.0997. The molecular formula is C25H24N2O3S. The molecule has 0 fully saturated rings. The van der Waals surface area contributed by atoms with E-state index in [9.17, 15) is 4.79 Å². The van der Waals surface area contributed by atoms with Crippen LogP contribution in [0.25, 0.3) is 10.2 Å². The molecule has 0 radical (unpaired) electrons. The summed E-state index contributed by atoms with van der Waals surface area (Å²) in [4.78, 5) is 18.0. The largest absolute Gasteiger partial charge is 0.457 e. The van der Waals surface area contributed by atoms with Gasteiger partial charge in [-0.25, -0.2) is 0 Å². The lowest BCUT2D eigenvalue weighted by Crippen LogP contribution is -2.19. The third-order valence-electron chi connectivity index (χ3n) is 4.91. The molecule has 158 valence electrons. The van der Waals surface area contributed by atoms with Crippen molar-refractivity contribution in [3.05, 3.63) is 88.2 Å². The number of methoxy groups -OCH3 is 1. The van der Waals surface area contributed by atoms with Gasteiger partial charge in [0.05, 0.1) is 16.8 Å². The molecule has 0 aliphatic rings. The van der Waals surface area contributed by atoms with Crippen molar-refractivity contribution in [1.29, 1.82) is 0 Å². The average molecular weight is 433 g/mol. The molecule has 0 aliphatic carbocycles. The Bertz CT molecular complexity index is 1270. The molecule has 0 unspecified atom stereocenters. The maximum atomic E-state index is 12.9. The molecular weight excluding hydrogens is 408 g/mol. The zero-order valence-electron chi connectivity index (χ0n) is 17.8. The molecule has 0 N–H and O–H groups in total. The van der Waals surface area contributed by atoms with Gasteiger partial charge in [0, 0.05) is 19.2 Å². The van der Waals surface area contributed by atoms with E-state index in [1.54, 1.807) is 31.4 Å². The second kappa shape index (κ2) is 9.29. The standard InChI is InChI=1S/C25H24N2O3S/c1-17-15-18(2)23-22(16-17)27(13-14-29-3)25(31-23)26-24(28)19-9-11-21(12-10-19)30-20-7-5-4-6-8-20/h4-12,15-16H,13-14H2,1-3H3. The maximum Gasteiger partial charge on any atom is 0.279 e. The van der Waals surface area contributed by atoms with Crippen molar-refractivity contribution < 1.29 is 14.3 Å². The van der Waals surface area contributed by atoms with E-state index < -0.39 is 0 Å². The normalized spacial score (nSPS) is 11.8. The fourth-order valence-electron chi connectivity index (χ4n) is 3.44. The Balaban J connectivity index is 1.66. The van der Waals surface area contributed by atoms with Crippen molar-refractivity contribution in [3.8, 4) is 11.5 Å². The van der Waals surface area contributed by atoms with Gasteiger partial charge in [0.25, 0.3) is 5.91 Å². The van der Waals surface area contributed by atoms with Gasteiger partial charge in [-0.15, -0.1) is 0 Å². The number of carbonyl (C=O) groups excluding carboxylic acids is 1. The predicted molar refractivity (Wildman–Crippen MR) is 124 cm³/mol. The predicted octanol–water partition coefficient (Wildman–Crippen LogP) is 5.50. The molecule has 0 atom stereocenters. The lowest BCUT2D eigenvalue weighted by Gasteiger charge is -2.06. The van der Waals surface area contributed by atoms with Crippen LogP contribution in [-0.4, -0.2) is 24.2 Å². The highest BCUT2D eigenvalue weighted by molar-refractivity contribution is 7.16. The van der Waals surface area contributed by atoms with E-state index in [1.165, 1.54) is 22.5 Å².